The van der Waals surface area contributed by atoms with E-state index in [4.69, 9.17) is 4.98 Å². The van der Waals surface area contributed by atoms with Gasteiger partial charge in [-0.05, 0) is 47.3 Å². The van der Waals surface area contributed by atoms with Crippen molar-refractivity contribution in [3.63, 3.8) is 0 Å². The molecule has 1 fully saturated rings. The molecule has 108 valence electrons. The number of anilines is 1. The van der Waals surface area contributed by atoms with Gasteiger partial charge in [-0.15, -0.1) is 0 Å². The molecule has 1 aromatic heterocycles. The Morgan fingerprint density at radius 1 is 1.55 bits per heavy atom. The third-order valence-electron chi connectivity index (χ3n) is 4.19. The van der Waals surface area contributed by atoms with Gasteiger partial charge < -0.3 is 14.9 Å². The number of aromatic nitrogens is 1. The number of fused-ring (bicyclic) bond motifs is 3. The zero-order valence-electron chi connectivity index (χ0n) is 11.6. The van der Waals surface area contributed by atoms with E-state index in [-0.39, 0.29) is 12.1 Å². The molecule has 6 heteroatoms. The van der Waals surface area contributed by atoms with Crippen LogP contribution in [0, 0.1) is 0 Å². The maximum atomic E-state index is 11.2. The molecule has 2 atom stereocenters. The van der Waals surface area contributed by atoms with Gasteiger partial charge in [0, 0.05) is 23.6 Å². The maximum Gasteiger partial charge on any atom is 0.407 e. The van der Waals surface area contributed by atoms with E-state index >= 15 is 0 Å². The Balaban J connectivity index is 1.96. The van der Waals surface area contributed by atoms with Crippen molar-refractivity contribution in [3.05, 3.63) is 21.8 Å². The van der Waals surface area contributed by atoms with Crippen LogP contribution in [0.25, 0.3) is 0 Å². The summed E-state index contributed by atoms with van der Waals surface area (Å²) >= 11 is 3.57. The first-order chi connectivity index (χ1) is 9.51. The minimum Gasteiger partial charge on any atom is -0.465 e. The fraction of sp³-hybridized carbons (Fsp3) is 0.571. The van der Waals surface area contributed by atoms with Gasteiger partial charge in [0.1, 0.15) is 5.82 Å². The fourth-order valence-corrected chi connectivity index (χ4v) is 3.96. The number of rotatable bonds is 1. The predicted octanol–water partition coefficient (Wildman–Crippen LogP) is 2.52. The van der Waals surface area contributed by atoms with Crippen molar-refractivity contribution in [2.24, 2.45) is 0 Å². The lowest BCUT2D eigenvalue weighted by molar-refractivity contribution is 0.128. The highest BCUT2D eigenvalue weighted by atomic mass is 79.9. The Morgan fingerprint density at radius 3 is 2.95 bits per heavy atom. The first kappa shape index (κ1) is 13.7. The minimum atomic E-state index is -0.823. The van der Waals surface area contributed by atoms with Gasteiger partial charge in [0.2, 0.25) is 0 Å². The van der Waals surface area contributed by atoms with Gasteiger partial charge >= 0.3 is 6.09 Å². The molecule has 0 bridgehead atoms. The third kappa shape index (κ3) is 2.06. The Hall–Kier alpha value is -1.30. The van der Waals surface area contributed by atoms with Crippen molar-refractivity contribution >= 4 is 27.8 Å². The van der Waals surface area contributed by atoms with Crippen LogP contribution >= 0.6 is 15.9 Å². The van der Waals surface area contributed by atoms with Gasteiger partial charge in [-0.2, -0.15) is 0 Å². The quantitative estimate of drug-likeness (QED) is 0.854. The smallest absolute Gasteiger partial charge is 0.407 e. The topological polar surface area (TPSA) is 56.7 Å². The molecule has 0 aliphatic carbocycles. The van der Waals surface area contributed by atoms with E-state index in [1.165, 1.54) is 10.5 Å². The SMILES string of the molecule is CCc1nc2c(cc1Br)C[C@@H]1CN(C(=O)O)C[C@@H](C)N21. The van der Waals surface area contributed by atoms with Crippen LogP contribution in [0.4, 0.5) is 10.6 Å². The summed E-state index contributed by atoms with van der Waals surface area (Å²) < 4.78 is 1.06. The average Bonchev–Trinajstić information content (AvgIpc) is 2.74. The number of nitrogens with zero attached hydrogens (tertiary/aromatic N) is 3. The molecule has 3 rings (SSSR count). The highest BCUT2D eigenvalue weighted by Crippen LogP contribution is 2.37. The lowest BCUT2D eigenvalue weighted by Crippen LogP contribution is -2.58. The van der Waals surface area contributed by atoms with E-state index in [9.17, 15) is 9.90 Å². The van der Waals surface area contributed by atoms with Crippen molar-refractivity contribution in [1.82, 2.24) is 9.88 Å². The van der Waals surface area contributed by atoms with E-state index < -0.39 is 6.09 Å². The summed E-state index contributed by atoms with van der Waals surface area (Å²) in [5.41, 5.74) is 2.29. The monoisotopic (exact) mass is 339 g/mol. The van der Waals surface area contributed by atoms with Crippen molar-refractivity contribution in [3.8, 4) is 0 Å². The largest absolute Gasteiger partial charge is 0.465 e. The van der Waals surface area contributed by atoms with Crippen LogP contribution in [0.5, 0.6) is 0 Å². The molecular formula is C14H18BrN3O2. The minimum absolute atomic E-state index is 0.171. The molecule has 1 saturated heterocycles. The second-order valence-corrected chi connectivity index (χ2v) is 6.41. The number of carboxylic acid groups (broad SMARTS) is 1. The van der Waals surface area contributed by atoms with Crippen molar-refractivity contribution in [1.29, 1.82) is 0 Å². The molecule has 1 aromatic rings. The molecule has 5 nitrogen and oxygen atoms in total. The number of hydrogen-bond donors (Lipinski definition) is 1. The Morgan fingerprint density at radius 2 is 2.30 bits per heavy atom. The van der Waals surface area contributed by atoms with Crippen LogP contribution in [-0.4, -0.2) is 46.3 Å². The van der Waals surface area contributed by atoms with E-state index in [0.29, 0.717) is 13.1 Å². The Bertz CT molecular complexity index is 564. The normalized spacial score (nSPS) is 24.6. The standard InChI is InChI=1S/C14H18BrN3O2/c1-3-12-11(15)5-9-4-10-7-17(14(19)20)6-8(2)18(10)13(9)16-12/h5,8,10H,3-4,6-7H2,1-2H3,(H,19,20)/t8-,10-/m1/s1. The van der Waals surface area contributed by atoms with Crippen LogP contribution in [0.3, 0.4) is 0 Å². The number of amides is 1. The van der Waals surface area contributed by atoms with Crippen LogP contribution < -0.4 is 4.90 Å². The lowest BCUT2D eigenvalue weighted by Gasteiger charge is -2.42. The van der Waals surface area contributed by atoms with Gasteiger partial charge in [0.05, 0.1) is 11.7 Å². The van der Waals surface area contributed by atoms with E-state index in [1.807, 2.05) is 0 Å². The van der Waals surface area contributed by atoms with Crippen LogP contribution in [-0.2, 0) is 12.8 Å². The number of aryl methyl sites for hydroxylation is 1. The average molecular weight is 340 g/mol. The second kappa shape index (κ2) is 4.91. The van der Waals surface area contributed by atoms with Gasteiger partial charge in [0.25, 0.3) is 0 Å². The molecule has 0 unspecified atom stereocenters. The van der Waals surface area contributed by atoms with Crippen LogP contribution in [0.2, 0.25) is 0 Å². The van der Waals surface area contributed by atoms with Gasteiger partial charge in [0.15, 0.2) is 0 Å². The molecule has 1 N–H and O–H groups in total. The number of pyridine rings is 1. The lowest BCUT2D eigenvalue weighted by atomic mass is 10.1. The highest BCUT2D eigenvalue weighted by molar-refractivity contribution is 9.10. The first-order valence-corrected chi connectivity index (χ1v) is 7.75. The Kier molecular flexibility index (Phi) is 3.36. The van der Waals surface area contributed by atoms with E-state index in [2.05, 4.69) is 40.7 Å². The summed E-state index contributed by atoms with van der Waals surface area (Å²) in [6, 6.07) is 2.54. The van der Waals surface area contributed by atoms with Crippen molar-refractivity contribution in [2.75, 3.05) is 18.0 Å². The molecular weight excluding hydrogens is 322 g/mol. The van der Waals surface area contributed by atoms with Crippen LogP contribution in [0.1, 0.15) is 25.1 Å². The zero-order chi connectivity index (χ0) is 14.4. The molecule has 1 amide bonds. The van der Waals surface area contributed by atoms with Crippen molar-refractivity contribution < 1.29 is 9.90 Å². The molecule has 20 heavy (non-hydrogen) atoms. The van der Waals surface area contributed by atoms with E-state index in [1.54, 1.807) is 0 Å². The highest BCUT2D eigenvalue weighted by Gasteiger charge is 2.40. The fourth-order valence-electron chi connectivity index (χ4n) is 3.31. The number of hydrogen-bond acceptors (Lipinski definition) is 3. The molecule has 0 spiro atoms. The summed E-state index contributed by atoms with van der Waals surface area (Å²) in [5.74, 6) is 1.05. The molecule has 0 radical (unpaired) electrons. The number of piperazine rings is 1. The predicted molar refractivity (Wildman–Crippen MR) is 80.3 cm³/mol. The summed E-state index contributed by atoms with van der Waals surface area (Å²) in [7, 11) is 0. The van der Waals surface area contributed by atoms with Crippen molar-refractivity contribution in [2.45, 2.75) is 38.8 Å². The molecule has 0 aromatic carbocycles. The van der Waals surface area contributed by atoms with Gasteiger partial charge in [-0.25, -0.2) is 9.78 Å². The van der Waals surface area contributed by atoms with Crippen LogP contribution in [0.15, 0.2) is 10.5 Å². The molecule has 3 heterocycles. The van der Waals surface area contributed by atoms with Gasteiger partial charge in [-0.3, -0.25) is 0 Å². The molecule has 2 aliphatic heterocycles. The van der Waals surface area contributed by atoms with E-state index in [0.717, 1.165) is 28.8 Å². The summed E-state index contributed by atoms with van der Waals surface area (Å²) in [4.78, 5) is 19.8. The number of halogens is 1. The molecule has 2 aliphatic rings. The van der Waals surface area contributed by atoms with Gasteiger partial charge in [-0.1, -0.05) is 6.92 Å². The maximum absolute atomic E-state index is 11.2. The second-order valence-electron chi connectivity index (χ2n) is 5.55. The molecule has 0 saturated carbocycles. The Labute approximate surface area is 126 Å². The summed E-state index contributed by atoms with van der Waals surface area (Å²) in [6.45, 7) is 5.28. The summed E-state index contributed by atoms with van der Waals surface area (Å²) in [6.07, 6.45) is 0.942. The third-order valence-corrected chi connectivity index (χ3v) is 4.88. The summed E-state index contributed by atoms with van der Waals surface area (Å²) in [5, 5.41) is 9.20. The first-order valence-electron chi connectivity index (χ1n) is 6.95. The number of carbonyl (C=O) groups is 1. The zero-order valence-corrected chi connectivity index (χ0v) is 13.2.